The highest BCUT2D eigenvalue weighted by Gasteiger charge is 2.31. The number of carbonyl (C=O) groups excluding carboxylic acids is 1. The van der Waals surface area contributed by atoms with Gasteiger partial charge < -0.3 is 9.30 Å². The molecule has 0 saturated carbocycles. The van der Waals surface area contributed by atoms with Gasteiger partial charge in [0.05, 0.1) is 28.6 Å². The maximum absolute atomic E-state index is 12.2. The number of ether oxygens (including phenoxy) is 1. The highest BCUT2D eigenvalue weighted by molar-refractivity contribution is 6.07. The molecule has 2 aromatic rings. The first-order valence-electron chi connectivity index (χ1n) is 6.85. The van der Waals surface area contributed by atoms with Gasteiger partial charge in [-0.3, -0.25) is 14.9 Å². The molecule has 0 amide bonds. The minimum Gasteiger partial charge on any atom is -0.490 e. The van der Waals surface area contributed by atoms with Gasteiger partial charge in [-0.25, -0.2) is 0 Å². The van der Waals surface area contributed by atoms with Crippen molar-refractivity contribution in [1.82, 2.24) is 4.57 Å². The van der Waals surface area contributed by atoms with Crippen LogP contribution in [0.5, 0.6) is 5.75 Å². The highest BCUT2D eigenvalue weighted by Crippen LogP contribution is 2.43. The molecule has 0 spiro atoms. The molecule has 6 heteroatoms. The van der Waals surface area contributed by atoms with Gasteiger partial charge in [0, 0.05) is 18.5 Å². The summed E-state index contributed by atoms with van der Waals surface area (Å²) in [6.45, 7) is 4.28. The number of nitro groups is 1. The Morgan fingerprint density at radius 2 is 2.10 bits per heavy atom. The van der Waals surface area contributed by atoms with Crippen molar-refractivity contribution in [3.63, 3.8) is 0 Å². The number of methoxy groups -OCH3 is 1. The van der Waals surface area contributed by atoms with E-state index in [9.17, 15) is 14.9 Å². The summed E-state index contributed by atoms with van der Waals surface area (Å²) >= 11 is 0. The Labute approximate surface area is 121 Å². The van der Waals surface area contributed by atoms with Gasteiger partial charge in [-0.05, 0) is 31.9 Å². The van der Waals surface area contributed by atoms with Crippen LogP contribution >= 0.6 is 0 Å². The third kappa shape index (κ3) is 1.75. The van der Waals surface area contributed by atoms with E-state index in [0.717, 1.165) is 11.9 Å². The van der Waals surface area contributed by atoms with Crippen LogP contribution in [0.1, 0.15) is 34.5 Å². The van der Waals surface area contributed by atoms with E-state index in [1.165, 1.54) is 7.11 Å². The summed E-state index contributed by atoms with van der Waals surface area (Å²) in [5, 5.41) is 12.0. The van der Waals surface area contributed by atoms with Crippen LogP contribution in [0.3, 0.4) is 0 Å². The van der Waals surface area contributed by atoms with Crippen molar-refractivity contribution in [3.8, 4) is 5.75 Å². The van der Waals surface area contributed by atoms with Gasteiger partial charge in [0.1, 0.15) is 0 Å². The Morgan fingerprint density at radius 1 is 1.38 bits per heavy atom. The van der Waals surface area contributed by atoms with Gasteiger partial charge in [-0.1, -0.05) is 0 Å². The molecule has 0 aliphatic carbocycles. The first kappa shape index (κ1) is 13.6. The number of ketones is 1. The quantitative estimate of drug-likeness (QED) is 0.628. The molecule has 0 saturated heterocycles. The largest absolute Gasteiger partial charge is 0.490 e. The third-order valence-electron chi connectivity index (χ3n) is 4.15. The minimum absolute atomic E-state index is 0.0419. The number of nitro benzene ring substituents is 1. The second-order valence-electron chi connectivity index (χ2n) is 5.38. The predicted molar refractivity (Wildman–Crippen MR) is 78.2 cm³/mol. The molecule has 1 aliphatic heterocycles. The molecule has 0 unspecified atom stereocenters. The molecule has 1 aromatic heterocycles. The van der Waals surface area contributed by atoms with Crippen molar-refractivity contribution in [2.75, 3.05) is 7.11 Å². The smallest absolute Gasteiger partial charge is 0.320 e. The molecular weight excluding hydrogens is 272 g/mol. The molecule has 1 aromatic carbocycles. The Hall–Kier alpha value is -2.37. The van der Waals surface area contributed by atoms with Crippen LogP contribution in [0.4, 0.5) is 5.69 Å². The van der Waals surface area contributed by atoms with Crippen molar-refractivity contribution in [1.29, 1.82) is 0 Å². The number of hydrogen-bond donors (Lipinski definition) is 0. The van der Waals surface area contributed by atoms with E-state index in [1.54, 1.807) is 13.8 Å². The number of carbonyl (C=O) groups is 1. The Morgan fingerprint density at radius 3 is 2.71 bits per heavy atom. The number of rotatable bonds is 2. The van der Waals surface area contributed by atoms with Crippen LogP contribution in [-0.4, -0.2) is 22.4 Å². The van der Waals surface area contributed by atoms with Crippen molar-refractivity contribution in [2.45, 2.75) is 33.2 Å². The summed E-state index contributed by atoms with van der Waals surface area (Å²) in [4.78, 5) is 23.3. The van der Waals surface area contributed by atoms with Crippen molar-refractivity contribution in [2.24, 2.45) is 0 Å². The molecule has 110 valence electrons. The van der Waals surface area contributed by atoms with Gasteiger partial charge >= 0.3 is 5.69 Å². The molecule has 0 bridgehead atoms. The summed E-state index contributed by atoms with van der Waals surface area (Å²) in [7, 11) is 1.43. The SMILES string of the molecule is COc1c(C)cc2c(c(C)c3n2CCCC3=O)c1[N+](=O)[O-]. The number of aryl methyl sites for hydroxylation is 3. The lowest BCUT2D eigenvalue weighted by molar-refractivity contribution is -0.384. The number of benzene rings is 1. The summed E-state index contributed by atoms with van der Waals surface area (Å²) in [5.74, 6) is 0.326. The lowest BCUT2D eigenvalue weighted by Gasteiger charge is -2.15. The monoisotopic (exact) mass is 288 g/mol. The Balaban J connectivity index is 2.52. The maximum Gasteiger partial charge on any atom is 0.320 e. The van der Waals surface area contributed by atoms with E-state index >= 15 is 0 Å². The first-order chi connectivity index (χ1) is 9.97. The standard InChI is InChI=1S/C15H16N2O4/c1-8-7-10-12(14(17(19)20)15(8)21-3)9(2)13-11(18)5-4-6-16(10)13/h7H,4-6H2,1-3H3. The van der Waals surface area contributed by atoms with Crippen LogP contribution < -0.4 is 4.74 Å². The zero-order valence-electron chi connectivity index (χ0n) is 12.2. The zero-order valence-corrected chi connectivity index (χ0v) is 12.2. The molecule has 0 radical (unpaired) electrons. The number of Topliss-reactive ketones (excluding diaryl/α,β-unsaturated/α-hetero) is 1. The van der Waals surface area contributed by atoms with E-state index in [2.05, 4.69) is 0 Å². The zero-order chi connectivity index (χ0) is 15.3. The highest BCUT2D eigenvalue weighted by atomic mass is 16.6. The van der Waals surface area contributed by atoms with Crippen LogP contribution in [-0.2, 0) is 6.54 Å². The van der Waals surface area contributed by atoms with Crippen LogP contribution in [0.25, 0.3) is 10.9 Å². The van der Waals surface area contributed by atoms with Crippen LogP contribution in [0.15, 0.2) is 6.07 Å². The van der Waals surface area contributed by atoms with Gasteiger partial charge in [0.15, 0.2) is 5.78 Å². The second-order valence-corrected chi connectivity index (χ2v) is 5.38. The summed E-state index contributed by atoms with van der Waals surface area (Å²) in [6.07, 6.45) is 1.27. The first-order valence-corrected chi connectivity index (χ1v) is 6.85. The van der Waals surface area contributed by atoms with E-state index in [0.29, 0.717) is 35.2 Å². The van der Waals surface area contributed by atoms with Crippen molar-refractivity contribution >= 4 is 22.4 Å². The van der Waals surface area contributed by atoms with Gasteiger partial charge in [0.2, 0.25) is 5.75 Å². The molecule has 3 rings (SSSR count). The lowest BCUT2D eigenvalue weighted by atomic mass is 10.0. The lowest BCUT2D eigenvalue weighted by Crippen LogP contribution is -2.16. The minimum atomic E-state index is -0.419. The third-order valence-corrected chi connectivity index (χ3v) is 4.15. The van der Waals surface area contributed by atoms with E-state index < -0.39 is 4.92 Å². The molecule has 2 heterocycles. The molecule has 21 heavy (non-hydrogen) atoms. The normalized spacial score (nSPS) is 14.3. The molecular formula is C15H16N2O4. The fourth-order valence-corrected chi connectivity index (χ4v) is 3.33. The Kier molecular flexibility index (Phi) is 2.97. The average molecular weight is 288 g/mol. The number of aromatic nitrogens is 1. The number of fused-ring (bicyclic) bond motifs is 3. The number of nitrogens with zero attached hydrogens (tertiary/aromatic N) is 2. The summed E-state index contributed by atoms with van der Waals surface area (Å²) in [6, 6.07) is 1.87. The maximum atomic E-state index is 12.2. The van der Waals surface area contributed by atoms with Gasteiger partial charge in [0.25, 0.3) is 0 Å². The predicted octanol–water partition coefficient (Wildman–Crippen LogP) is 3.15. The van der Waals surface area contributed by atoms with E-state index in [-0.39, 0.29) is 17.2 Å². The number of hydrogen-bond acceptors (Lipinski definition) is 4. The fraction of sp³-hybridized carbons (Fsp3) is 0.400. The van der Waals surface area contributed by atoms with Crippen LogP contribution in [0, 0.1) is 24.0 Å². The summed E-state index contributed by atoms with van der Waals surface area (Å²) < 4.78 is 7.14. The second kappa shape index (κ2) is 4.58. The molecule has 6 nitrogen and oxygen atoms in total. The van der Waals surface area contributed by atoms with Crippen molar-refractivity contribution < 1.29 is 14.5 Å². The molecule has 1 aliphatic rings. The van der Waals surface area contributed by atoms with Gasteiger partial charge in [-0.2, -0.15) is 0 Å². The molecule has 0 atom stereocenters. The Bertz CT molecular complexity index is 789. The van der Waals surface area contributed by atoms with Crippen LogP contribution in [0.2, 0.25) is 0 Å². The van der Waals surface area contributed by atoms with E-state index in [4.69, 9.17) is 4.74 Å². The average Bonchev–Trinajstić information content (AvgIpc) is 2.71. The molecule has 0 N–H and O–H groups in total. The van der Waals surface area contributed by atoms with E-state index in [1.807, 2.05) is 10.6 Å². The van der Waals surface area contributed by atoms with Crippen molar-refractivity contribution in [3.05, 3.63) is 33.0 Å². The topological polar surface area (TPSA) is 74.4 Å². The van der Waals surface area contributed by atoms with Gasteiger partial charge in [-0.15, -0.1) is 0 Å². The molecule has 0 fully saturated rings. The fourth-order valence-electron chi connectivity index (χ4n) is 3.33. The summed E-state index contributed by atoms with van der Waals surface area (Å²) in [5.41, 5.74) is 2.70.